The van der Waals surface area contributed by atoms with Gasteiger partial charge in [-0.15, -0.1) is 0 Å². The van der Waals surface area contributed by atoms with Gasteiger partial charge in [0.25, 0.3) is 5.56 Å². The van der Waals surface area contributed by atoms with Gasteiger partial charge < -0.3 is 30.1 Å². The second-order valence-corrected chi connectivity index (χ2v) is 8.41. The lowest BCUT2D eigenvalue weighted by atomic mass is 10.3. The Hall–Kier alpha value is -1.13. The standard InChI is InChI=1S/C14H25BrN5O5P/c1-3-5-18-10-11(17-14(16)20(6-4-2)12(10)21)19(13(18)15)7-8-25-9-26(22,23)24/h13H,3-9H2,1-2H3,(H2,16,17)(H2,22,23,24). The first-order valence-electron chi connectivity index (χ1n) is 8.41. The van der Waals surface area contributed by atoms with Gasteiger partial charge in [0.05, 0.1) is 6.61 Å². The van der Waals surface area contributed by atoms with Crippen LogP contribution in [0.1, 0.15) is 26.7 Å². The van der Waals surface area contributed by atoms with Gasteiger partial charge in [0.1, 0.15) is 12.0 Å². The number of aromatic nitrogens is 2. The predicted octanol–water partition coefficient (Wildman–Crippen LogP) is 1.10. The molecule has 0 amide bonds. The quantitative estimate of drug-likeness (QED) is 0.217. The third-order valence-corrected chi connectivity index (χ3v) is 5.39. The van der Waals surface area contributed by atoms with Crippen LogP contribution in [0.2, 0.25) is 0 Å². The van der Waals surface area contributed by atoms with Gasteiger partial charge in [-0.25, -0.2) is 0 Å². The Balaban J connectivity index is 2.30. The van der Waals surface area contributed by atoms with Crippen molar-refractivity contribution in [2.45, 2.75) is 38.3 Å². The molecule has 1 atom stereocenters. The molecule has 2 heterocycles. The van der Waals surface area contributed by atoms with Crippen molar-refractivity contribution in [2.24, 2.45) is 0 Å². The van der Waals surface area contributed by atoms with Gasteiger partial charge in [-0.3, -0.25) is 13.9 Å². The number of halogens is 1. The van der Waals surface area contributed by atoms with Crippen molar-refractivity contribution in [3.8, 4) is 0 Å². The smallest absolute Gasteiger partial charge is 0.350 e. The molecule has 0 fully saturated rings. The van der Waals surface area contributed by atoms with E-state index in [2.05, 4.69) is 20.9 Å². The molecular weight excluding hydrogens is 429 g/mol. The van der Waals surface area contributed by atoms with Gasteiger partial charge in [0.2, 0.25) is 5.95 Å². The maximum absolute atomic E-state index is 12.9. The lowest BCUT2D eigenvalue weighted by Gasteiger charge is -2.27. The van der Waals surface area contributed by atoms with E-state index in [0.29, 0.717) is 31.1 Å². The molecular formula is C14H25BrN5O5P. The van der Waals surface area contributed by atoms with Crippen molar-refractivity contribution < 1.29 is 19.1 Å². The molecule has 12 heteroatoms. The topological polar surface area (TPSA) is 134 Å². The first-order valence-corrected chi connectivity index (χ1v) is 11.1. The van der Waals surface area contributed by atoms with Crippen LogP contribution in [-0.4, -0.2) is 50.5 Å². The highest BCUT2D eigenvalue weighted by Gasteiger charge is 2.38. The third-order valence-electron chi connectivity index (χ3n) is 3.88. The second kappa shape index (κ2) is 8.71. The van der Waals surface area contributed by atoms with Crippen LogP contribution in [0.25, 0.3) is 0 Å². The van der Waals surface area contributed by atoms with E-state index in [1.165, 1.54) is 4.57 Å². The Morgan fingerprint density at radius 3 is 2.46 bits per heavy atom. The Bertz CT molecular complexity index is 739. The fourth-order valence-electron chi connectivity index (χ4n) is 2.83. The molecule has 0 saturated carbocycles. The zero-order valence-corrected chi connectivity index (χ0v) is 17.3. The molecule has 2 rings (SSSR count). The lowest BCUT2D eigenvalue weighted by Crippen LogP contribution is -2.41. The van der Waals surface area contributed by atoms with Crippen molar-refractivity contribution in [3.05, 3.63) is 10.4 Å². The Kier molecular flexibility index (Phi) is 7.09. The number of nitrogens with two attached hydrogens (primary N) is 1. The number of ether oxygens (including phenoxy) is 1. The average Bonchev–Trinajstić information content (AvgIpc) is 2.80. The largest absolute Gasteiger partial charge is 0.369 e. The van der Waals surface area contributed by atoms with Crippen LogP contribution in [0.5, 0.6) is 0 Å². The second-order valence-electron chi connectivity index (χ2n) is 6.00. The summed E-state index contributed by atoms with van der Waals surface area (Å²) >= 11 is 3.58. The molecule has 1 aliphatic rings. The minimum absolute atomic E-state index is 0.0756. The monoisotopic (exact) mass is 453 g/mol. The van der Waals surface area contributed by atoms with E-state index in [-0.39, 0.29) is 23.2 Å². The molecule has 4 N–H and O–H groups in total. The highest BCUT2D eigenvalue weighted by Crippen LogP contribution is 2.38. The zero-order chi connectivity index (χ0) is 19.5. The molecule has 1 unspecified atom stereocenters. The molecule has 1 aromatic heterocycles. The van der Waals surface area contributed by atoms with Crippen LogP contribution in [-0.2, 0) is 15.8 Å². The van der Waals surface area contributed by atoms with Crippen LogP contribution in [0, 0.1) is 0 Å². The van der Waals surface area contributed by atoms with E-state index >= 15 is 0 Å². The van der Waals surface area contributed by atoms with Crippen molar-refractivity contribution in [1.29, 1.82) is 0 Å². The van der Waals surface area contributed by atoms with E-state index in [1.807, 2.05) is 18.7 Å². The maximum Gasteiger partial charge on any atom is 0.350 e. The number of hydrogen-bond acceptors (Lipinski definition) is 7. The normalized spacial score (nSPS) is 17.0. The predicted molar refractivity (Wildman–Crippen MR) is 104 cm³/mol. The molecule has 0 aromatic carbocycles. The highest BCUT2D eigenvalue weighted by atomic mass is 79.9. The maximum atomic E-state index is 12.9. The fourth-order valence-corrected chi connectivity index (χ4v) is 4.01. The first kappa shape index (κ1) is 21.2. The summed E-state index contributed by atoms with van der Waals surface area (Å²) in [5.41, 5.74) is 6.27. The van der Waals surface area contributed by atoms with Gasteiger partial charge in [-0.2, -0.15) is 4.98 Å². The van der Waals surface area contributed by atoms with Crippen LogP contribution < -0.4 is 21.1 Å². The molecule has 10 nitrogen and oxygen atoms in total. The average molecular weight is 454 g/mol. The number of alkyl halides is 1. The Labute approximate surface area is 160 Å². The van der Waals surface area contributed by atoms with E-state index in [1.54, 1.807) is 4.90 Å². The Morgan fingerprint density at radius 1 is 1.23 bits per heavy atom. The molecule has 1 aliphatic heterocycles. The van der Waals surface area contributed by atoms with Crippen LogP contribution >= 0.6 is 23.5 Å². The van der Waals surface area contributed by atoms with Crippen LogP contribution in [0.15, 0.2) is 4.79 Å². The summed E-state index contributed by atoms with van der Waals surface area (Å²) in [5, 5.41) is -0.312. The highest BCUT2D eigenvalue weighted by molar-refractivity contribution is 9.09. The van der Waals surface area contributed by atoms with E-state index in [0.717, 1.165) is 12.8 Å². The summed E-state index contributed by atoms with van der Waals surface area (Å²) in [7, 11) is -4.21. The van der Waals surface area contributed by atoms with Gasteiger partial charge in [-0.1, -0.05) is 13.8 Å². The summed E-state index contributed by atoms with van der Waals surface area (Å²) in [4.78, 5) is 38.8. The van der Waals surface area contributed by atoms with Crippen LogP contribution in [0.4, 0.5) is 17.5 Å². The first-order chi connectivity index (χ1) is 12.2. The summed E-state index contributed by atoms with van der Waals surface area (Å²) in [5.74, 6) is 0.602. The number of fused-ring (bicyclic) bond motifs is 1. The minimum atomic E-state index is -4.21. The number of hydrogen-bond donors (Lipinski definition) is 3. The molecule has 148 valence electrons. The minimum Gasteiger partial charge on any atom is -0.369 e. The van der Waals surface area contributed by atoms with Crippen molar-refractivity contribution in [3.63, 3.8) is 0 Å². The number of nitrogens with zero attached hydrogens (tertiary/aromatic N) is 4. The van der Waals surface area contributed by atoms with Crippen LogP contribution in [0.3, 0.4) is 0 Å². The van der Waals surface area contributed by atoms with E-state index < -0.39 is 13.9 Å². The summed E-state index contributed by atoms with van der Waals surface area (Å²) in [6, 6.07) is 0. The summed E-state index contributed by atoms with van der Waals surface area (Å²) in [6.45, 7) is 5.49. The van der Waals surface area contributed by atoms with Gasteiger partial charge in [0, 0.05) is 19.6 Å². The lowest BCUT2D eigenvalue weighted by molar-refractivity contribution is 0.162. The van der Waals surface area contributed by atoms with E-state index in [9.17, 15) is 9.36 Å². The zero-order valence-electron chi connectivity index (χ0n) is 14.8. The molecule has 0 aliphatic carbocycles. The van der Waals surface area contributed by atoms with Gasteiger partial charge >= 0.3 is 7.60 Å². The number of anilines is 3. The summed E-state index contributed by atoms with van der Waals surface area (Å²) < 4.78 is 17.4. The van der Waals surface area contributed by atoms with E-state index in [4.69, 9.17) is 20.3 Å². The molecule has 1 aromatic rings. The summed E-state index contributed by atoms with van der Waals surface area (Å²) in [6.07, 6.45) is 0.949. The number of nitrogen functional groups attached to an aromatic ring is 1. The molecule has 0 saturated heterocycles. The van der Waals surface area contributed by atoms with Crippen molar-refractivity contribution in [1.82, 2.24) is 9.55 Å². The SMILES string of the molecule is CCCN1c2c(nc(N)n(CCC)c2=O)N(CCOCP(=O)(O)O)C1Br. The van der Waals surface area contributed by atoms with Crippen molar-refractivity contribution in [2.75, 3.05) is 41.6 Å². The molecule has 0 radical (unpaired) electrons. The van der Waals surface area contributed by atoms with Gasteiger partial charge in [0.15, 0.2) is 10.9 Å². The molecule has 0 bridgehead atoms. The molecule has 0 spiro atoms. The Morgan fingerprint density at radius 2 is 1.88 bits per heavy atom. The van der Waals surface area contributed by atoms with Crippen molar-refractivity contribution >= 4 is 41.0 Å². The fraction of sp³-hybridized carbons (Fsp3) is 0.714. The number of rotatable bonds is 9. The third kappa shape index (κ3) is 4.58. The molecule has 26 heavy (non-hydrogen) atoms. The van der Waals surface area contributed by atoms with Gasteiger partial charge in [-0.05, 0) is 28.8 Å².